The van der Waals surface area contributed by atoms with E-state index in [-0.39, 0.29) is 5.82 Å². The molecular weight excluding hydrogens is 403 g/mol. The Balaban J connectivity index is 1.53. The molecule has 0 unspecified atom stereocenters. The number of rotatable bonds is 6. The van der Waals surface area contributed by atoms with Crippen LogP contribution in [0.5, 0.6) is 0 Å². The van der Waals surface area contributed by atoms with Crippen molar-refractivity contribution in [2.45, 2.75) is 6.54 Å². The molecular formula is C22H25ClFN6+. The van der Waals surface area contributed by atoms with E-state index in [4.69, 9.17) is 11.6 Å². The average molecular weight is 428 g/mol. The van der Waals surface area contributed by atoms with Gasteiger partial charge in [0.15, 0.2) is 11.6 Å². The predicted octanol–water partition coefficient (Wildman–Crippen LogP) is 2.97. The van der Waals surface area contributed by atoms with Crippen LogP contribution in [-0.4, -0.2) is 43.2 Å². The lowest BCUT2D eigenvalue weighted by Gasteiger charge is -2.27. The van der Waals surface area contributed by atoms with Crippen molar-refractivity contribution in [2.24, 2.45) is 0 Å². The Morgan fingerprint density at radius 3 is 2.60 bits per heavy atom. The maximum atomic E-state index is 14.1. The number of halogens is 2. The molecule has 1 fully saturated rings. The fourth-order valence-electron chi connectivity index (χ4n) is 3.51. The van der Waals surface area contributed by atoms with Crippen molar-refractivity contribution in [1.29, 1.82) is 0 Å². The molecule has 30 heavy (non-hydrogen) atoms. The third kappa shape index (κ3) is 4.63. The Kier molecular flexibility index (Phi) is 6.30. The van der Waals surface area contributed by atoms with E-state index in [1.807, 2.05) is 12.1 Å². The standard InChI is InChI=1S/C22H24ClFN6/c1-25-20-14-28-21(15-3-6-18(7-4-15)30-10-8-26-9-11-30)29-22(20)27-13-16-2-5-17(23)12-19(16)24/h2-7,12,14,25-26H,8-11,13H2,1H3,(H,27,28,29)/p+1. The van der Waals surface area contributed by atoms with Crippen LogP contribution in [0.4, 0.5) is 21.6 Å². The van der Waals surface area contributed by atoms with Crippen molar-refractivity contribution in [3.63, 3.8) is 0 Å². The third-order valence-corrected chi connectivity index (χ3v) is 5.45. The van der Waals surface area contributed by atoms with Crippen LogP contribution < -0.4 is 20.9 Å². The first-order chi connectivity index (χ1) is 14.6. The van der Waals surface area contributed by atoms with Crippen molar-refractivity contribution in [2.75, 3.05) is 48.8 Å². The molecule has 1 aromatic heterocycles. The number of nitrogens with two attached hydrogens (primary N) is 1. The molecule has 0 aliphatic carbocycles. The van der Waals surface area contributed by atoms with Gasteiger partial charge in [-0.15, -0.1) is 0 Å². The zero-order valence-corrected chi connectivity index (χ0v) is 17.6. The molecule has 1 saturated heterocycles. The van der Waals surface area contributed by atoms with E-state index in [9.17, 15) is 4.39 Å². The molecule has 2 aromatic carbocycles. The van der Waals surface area contributed by atoms with Crippen molar-refractivity contribution in [3.05, 3.63) is 65.1 Å². The second kappa shape index (κ2) is 9.28. The van der Waals surface area contributed by atoms with Crippen LogP contribution in [0.2, 0.25) is 5.02 Å². The van der Waals surface area contributed by atoms with Crippen LogP contribution in [0.3, 0.4) is 0 Å². The molecule has 0 spiro atoms. The van der Waals surface area contributed by atoms with E-state index in [1.165, 1.54) is 11.8 Å². The fourth-order valence-corrected chi connectivity index (χ4v) is 3.67. The summed E-state index contributed by atoms with van der Waals surface area (Å²) in [7, 11) is 1.80. The quantitative estimate of drug-likeness (QED) is 0.564. The van der Waals surface area contributed by atoms with Crippen LogP contribution in [-0.2, 0) is 6.54 Å². The number of aromatic nitrogens is 2. The molecule has 8 heteroatoms. The zero-order chi connectivity index (χ0) is 20.9. The van der Waals surface area contributed by atoms with Gasteiger partial charge in [0, 0.05) is 35.4 Å². The van der Waals surface area contributed by atoms with Gasteiger partial charge in [0.25, 0.3) is 0 Å². The number of hydrogen-bond donors (Lipinski definition) is 3. The smallest absolute Gasteiger partial charge is 0.161 e. The number of quaternary nitrogens is 1. The van der Waals surface area contributed by atoms with E-state index in [0.717, 1.165) is 37.4 Å². The van der Waals surface area contributed by atoms with Crippen molar-refractivity contribution in [1.82, 2.24) is 9.97 Å². The molecule has 4 N–H and O–H groups in total. The lowest BCUT2D eigenvalue weighted by molar-refractivity contribution is -0.655. The Morgan fingerprint density at radius 2 is 1.90 bits per heavy atom. The number of benzene rings is 2. The maximum absolute atomic E-state index is 14.1. The first kappa shape index (κ1) is 20.4. The lowest BCUT2D eigenvalue weighted by atomic mass is 10.1. The van der Waals surface area contributed by atoms with E-state index in [2.05, 4.69) is 43.0 Å². The van der Waals surface area contributed by atoms with Crippen LogP contribution in [0.1, 0.15) is 5.56 Å². The normalized spacial score (nSPS) is 13.9. The zero-order valence-electron chi connectivity index (χ0n) is 16.8. The number of anilines is 3. The maximum Gasteiger partial charge on any atom is 0.161 e. The monoisotopic (exact) mass is 427 g/mol. The predicted molar refractivity (Wildman–Crippen MR) is 120 cm³/mol. The van der Waals surface area contributed by atoms with Crippen molar-refractivity contribution in [3.8, 4) is 11.4 Å². The molecule has 3 aromatic rings. The summed E-state index contributed by atoms with van der Waals surface area (Å²) in [6.45, 7) is 4.66. The Morgan fingerprint density at radius 1 is 1.13 bits per heavy atom. The molecule has 0 saturated carbocycles. The van der Waals surface area contributed by atoms with Crippen molar-refractivity contribution >= 4 is 28.8 Å². The van der Waals surface area contributed by atoms with Gasteiger partial charge < -0.3 is 20.9 Å². The summed E-state index contributed by atoms with van der Waals surface area (Å²) in [5.74, 6) is 0.889. The minimum absolute atomic E-state index is 0.291. The van der Waals surface area contributed by atoms with E-state index in [1.54, 1.807) is 25.4 Å². The number of nitrogens with zero attached hydrogens (tertiary/aromatic N) is 3. The highest BCUT2D eigenvalue weighted by Gasteiger charge is 2.14. The summed E-state index contributed by atoms with van der Waals surface area (Å²) in [6.07, 6.45) is 1.73. The summed E-state index contributed by atoms with van der Waals surface area (Å²) >= 11 is 5.84. The molecule has 0 radical (unpaired) electrons. The van der Waals surface area contributed by atoms with Gasteiger partial charge in [0.05, 0.1) is 38.1 Å². The molecule has 0 bridgehead atoms. The van der Waals surface area contributed by atoms with Crippen molar-refractivity contribution < 1.29 is 9.71 Å². The Labute approximate surface area is 180 Å². The van der Waals surface area contributed by atoms with Gasteiger partial charge in [0.1, 0.15) is 5.82 Å². The van der Waals surface area contributed by atoms with Gasteiger partial charge in [-0.3, -0.25) is 0 Å². The highest BCUT2D eigenvalue weighted by atomic mass is 35.5. The second-order valence-electron chi connectivity index (χ2n) is 7.20. The summed E-state index contributed by atoms with van der Waals surface area (Å²) in [6, 6.07) is 13.0. The van der Waals surface area contributed by atoms with Crippen LogP contribution in [0.25, 0.3) is 11.4 Å². The minimum atomic E-state index is -0.346. The first-order valence-electron chi connectivity index (χ1n) is 10.0. The van der Waals surface area contributed by atoms with Gasteiger partial charge in [0.2, 0.25) is 0 Å². The SMILES string of the molecule is CNc1cnc(-c2ccc(N3CC[NH2+]CC3)cc2)nc1NCc1ccc(Cl)cc1F. The largest absolute Gasteiger partial charge is 0.384 e. The number of hydrogen-bond acceptors (Lipinski definition) is 5. The van der Waals surface area contributed by atoms with E-state index in [0.29, 0.717) is 28.8 Å². The molecule has 0 amide bonds. The number of nitrogens with one attached hydrogen (secondary N) is 2. The van der Waals surface area contributed by atoms with Crippen LogP contribution in [0.15, 0.2) is 48.7 Å². The summed E-state index contributed by atoms with van der Waals surface area (Å²) in [5.41, 5.74) is 3.42. The molecule has 2 heterocycles. The molecule has 1 aliphatic heterocycles. The molecule has 4 rings (SSSR count). The summed E-state index contributed by atoms with van der Waals surface area (Å²) < 4.78 is 14.1. The topological polar surface area (TPSA) is 69.7 Å². The van der Waals surface area contributed by atoms with E-state index < -0.39 is 0 Å². The highest BCUT2D eigenvalue weighted by molar-refractivity contribution is 6.30. The molecule has 0 atom stereocenters. The lowest BCUT2D eigenvalue weighted by Crippen LogP contribution is -2.89. The first-order valence-corrected chi connectivity index (χ1v) is 10.4. The minimum Gasteiger partial charge on any atom is -0.384 e. The van der Waals surface area contributed by atoms with Gasteiger partial charge in [-0.05, 0) is 36.4 Å². The molecule has 6 nitrogen and oxygen atoms in total. The number of piperazine rings is 1. The van der Waals surface area contributed by atoms with Crippen LogP contribution >= 0.6 is 11.6 Å². The Hall–Kier alpha value is -2.90. The van der Waals surface area contributed by atoms with Gasteiger partial charge in [-0.2, -0.15) is 0 Å². The Bertz CT molecular complexity index is 1010. The fraction of sp³-hybridized carbons (Fsp3) is 0.273. The van der Waals surface area contributed by atoms with Gasteiger partial charge in [-0.25, -0.2) is 14.4 Å². The third-order valence-electron chi connectivity index (χ3n) is 5.22. The molecule has 156 valence electrons. The average Bonchev–Trinajstić information content (AvgIpc) is 2.79. The molecule has 1 aliphatic rings. The van der Waals surface area contributed by atoms with Gasteiger partial charge >= 0.3 is 0 Å². The highest BCUT2D eigenvalue weighted by Crippen LogP contribution is 2.26. The van der Waals surface area contributed by atoms with Gasteiger partial charge in [-0.1, -0.05) is 17.7 Å². The van der Waals surface area contributed by atoms with E-state index >= 15 is 0 Å². The summed E-state index contributed by atoms with van der Waals surface area (Å²) in [5, 5.41) is 9.00. The van der Waals surface area contributed by atoms with Crippen LogP contribution in [0, 0.1) is 5.82 Å². The second-order valence-corrected chi connectivity index (χ2v) is 7.63. The summed E-state index contributed by atoms with van der Waals surface area (Å²) in [4.78, 5) is 11.5.